The van der Waals surface area contributed by atoms with Crippen LogP contribution in [0.1, 0.15) is 35.2 Å². The van der Waals surface area contributed by atoms with E-state index in [9.17, 15) is 19.1 Å². The summed E-state index contributed by atoms with van der Waals surface area (Å²) in [5, 5.41) is 11.6. The first-order valence-electron chi connectivity index (χ1n) is 11.5. The van der Waals surface area contributed by atoms with Crippen LogP contribution in [0, 0.1) is 19.7 Å². The number of thiazole rings is 1. The molecule has 5 rings (SSSR count). The van der Waals surface area contributed by atoms with Crippen LogP contribution in [0.2, 0.25) is 0 Å². The number of halogens is 1. The summed E-state index contributed by atoms with van der Waals surface area (Å²) in [5.41, 5.74) is 3.50. The summed E-state index contributed by atoms with van der Waals surface area (Å²) in [4.78, 5) is 32.9. The highest BCUT2D eigenvalue weighted by Crippen LogP contribution is 2.45. The predicted octanol–water partition coefficient (Wildman–Crippen LogP) is 6.08. The molecule has 0 aliphatic carbocycles. The number of rotatable bonds is 5. The van der Waals surface area contributed by atoms with Gasteiger partial charge in [-0.25, -0.2) is 9.37 Å². The van der Waals surface area contributed by atoms with E-state index >= 15 is 0 Å². The highest BCUT2D eigenvalue weighted by molar-refractivity contribution is 7.22. The van der Waals surface area contributed by atoms with Crippen molar-refractivity contribution < 1.29 is 23.8 Å². The van der Waals surface area contributed by atoms with Crippen molar-refractivity contribution in [2.75, 3.05) is 11.5 Å². The first kappa shape index (κ1) is 23.7. The van der Waals surface area contributed by atoms with E-state index in [1.165, 1.54) is 40.5 Å². The molecule has 36 heavy (non-hydrogen) atoms. The summed E-state index contributed by atoms with van der Waals surface area (Å²) in [6.45, 7) is 6.24. The third kappa shape index (κ3) is 4.03. The molecule has 6 nitrogen and oxygen atoms in total. The average Bonchev–Trinajstić information content (AvgIpc) is 3.38. The normalized spacial score (nSPS) is 17.2. The number of hydrogen-bond donors (Lipinski definition) is 1. The third-order valence-electron chi connectivity index (χ3n) is 6.07. The van der Waals surface area contributed by atoms with E-state index in [-0.39, 0.29) is 16.9 Å². The van der Waals surface area contributed by atoms with Crippen molar-refractivity contribution in [1.29, 1.82) is 0 Å². The molecule has 1 aliphatic rings. The number of carbonyl (C=O) groups excluding carboxylic acids is 2. The Balaban J connectivity index is 1.74. The molecule has 1 aliphatic heterocycles. The first-order valence-corrected chi connectivity index (χ1v) is 12.3. The molecule has 1 amide bonds. The van der Waals surface area contributed by atoms with Crippen LogP contribution in [0.5, 0.6) is 5.75 Å². The summed E-state index contributed by atoms with van der Waals surface area (Å²) >= 11 is 1.31. The van der Waals surface area contributed by atoms with Gasteiger partial charge in [-0.15, -0.1) is 0 Å². The van der Waals surface area contributed by atoms with Crippen molar-refractivity contribution in [3.8, 4) is 5.75 Å². The molecule has 1 fully saturated rings. The van der Waals surface area contributed by atoms with Crippen LogP contribution in [0.15, 0.2) is 66.2 Å². The number of anilines is 1. The quantitative estimate of drug-likeness (QED) is 0.203. The number of amides is 1. The number of aliphatic hydroxyl groups is 1. The second-order valence-electron chi connectivity index (χ2n) is 8.61. The summed E-state index contributed by atoms with van der Waals surface area (Å²) < 4.78 is 20.1. The largest absolute Gasteiger partial charge is 0.507 e. The van der Waals surface area contributed by atoms with Crippen LogP contribution in [0.25, 0.3) is 16.0 Å². The molecule has 0 saturated carbocycles. The zero-order chi connectivity index (χ0) is 25.6. The monoisotopic (exact) mass is 502 g/mol. The van der Waals surface area contributed by atoms with Crippen LogP contribution < -0.4 is 9.64 Å². The topological polar surface area (TPSA) is 79.7 Å². The lowest BCUT2D eigenvalue weighted by molar-refractivity contribution is -0.132. The molecule has 0 bridgehead atoms. The lowest BCUT2D eigenvalue weighted by Crippen LogP contribution is -2.29. The maximum atomic E-state index is 13.5. The van der Waals surface area contributed by atoms with Gasteiger partial charge in [0, 0.05) is 5.56 Å². The molecule has 8 heteroatoms. The smallest absolute Gasteiger partial charge is 0.301 e. The van der Waals surface area contributed by atoms with Gasteiger partial charge in [0.05, 0.1) is 28.4 Å². The summed E-state index contributed by atoms with van der Waals surface area (Å²) in [6, 6.07) is 15.2. The average molecular weight is 503 g/mol. The number of ether oxygens (including phenoxy) is 1. The Morgan fingerprint density at radius 2 is 1.86 bits per heavy atom. The molecule has 1 N–H and O–H groups in total. The van der Waals surface area contributed by atoms with Crippen LogP contribution >= 0.6 is 11.3 Å². The van der Waals surface area contributed by atoms with E-state index in [0.29, 0.717) is 23.1 Å². The fourth-order valence-corrected chi connectivity index (χ4v) is 5.68. The maximum Gasteiger partial charge on any atom is 0.301 e. The molecule has 1 saturated heterocycles. The van der Waals surface area contributed by atoms with Crippen molar-refractivity contribution in [3.05, 3.63) is 94.3 Å². The van der Waals surface area contributed by atoms with E-state index in [2.05, 4.69) is 0 Å². The summed E-state index contributed by atoms with van der Waals surface area (Å²) in [6.07, 6.45) is 0. The van der Waals surface area contributed by atoms with Gasteiger partial charge in [0.2, 0.25) is 0 Å². The Hall–Kier alpha value is -4.04. The van der Waals surface area contributed by atoms with E-state index in [4.69, 9.17) is 9.72 Å². The van der Waals surface area contributed by atoms with E-state index in [0.717, 1.165) is 21.3 Å². The number of Topliss-reactive ketones (excluding diaryl/α,β-unsaturated/α-hetero) is 1. The number of aliphatic hydroxyl groups excluding tert-OH is 1. The highest BCUT2D eigenvalue weighted by Gasteiger charge is 2.48. The standard InChI is InChI=1S/C28H23FN2O4S/c1-4-35-20-7-5-6-18(14-20)24-22(25(32)17-8-10-19(29)11-9-17)26(33)27(34)31(24)28-30-23-16(3)12-15(2)13-21(23)36-28/h5-14,24,32H,4H2,1-3H3/b25-22+. The van der Waals surface area contributed by atoms with Gasteiger partial charge in [-0.05, 0) is 79.9 Å². The number of aryl methyl sites for hydroxylation is 2. The zero-order valence-corrected chi connectivity index (χ0v) is 20.7. The highest BCUT2D eigenvalue weighted by atomic mass is 32.1. The second kappa shape index (κ2) is 9.20. The molecule has 3 aromatic carbocycles. The molecule has 2 heterocycles. The van der Waals surface area contributed by atoms with Crippen LogP contribution in [0.3, 0.4) is 0 Å². The molecule has 4 aromatic rings. The SMILES string of the molecule is CCOc1cccc(C2/C(=C(\O)c3ccc(F)cc3)C(=O)C(=O)N2c2nc3c(C)cc(C)cc3s2)c1. The lowest BCUT2D eigenvalue weighted by Gasteiger charge is -2.23. The van der Waals surface area contributed by atoms with E-state index in [1.54, 1.807) is 24.3 Å². The van der Waals surface area contributed by atoms with Gasteiger partial charge in [-0.3, -0.25) is 14.5 Å². The number of hydrogen-bond acceptors (Lipinski definition) is 6. The number of ketones is 1. The maximum absolute atomic E-state index is 13.5. The van der Waals surface area contributed by atoms with Gasteiger partial charge in [-0.1, -0.05) is 29.5 Å². The minimum Gasteiger partial charge on any atom is -0.507 e. The molecule has 1 aromatic heterocycles. The zero-order valence-electron chi connectivity index (χ0n) is 19.9. The minimum atomic E-state index is -0.947. The molecule has 0 spiro atoms. The van der Waals surface area contributed by atoms with Crippen molar-refractivity contribution in [1.82, 2.24) is 4.98 Å². The summed E-state index contributed by atoms with van der Waals surface area (Å²) in [7, 11) is 0. The fourth-order valence-electron chi connectivity index (χ4n) is 4.51. The Kier molecular flexibility index (Phi) is 6.05. The molecular formula is C28H23FN2O4S. The van der Waals surface area contributed by atoms with Crippen LogP contribution in [-0.4, -0.2) is 28.4 Å². The van der Waals surface area contributed by atoms with Crippen molar-refractivity contribution in [2.24, 2.45) is 0 Å². The lowest BCUT2D eigenvalue weighted by atomic mass is 9.95. The molecule has 1 atom stereocenters. The molecule has 0 radical (unpaired) electrons. The Morgan fingerprint density at radius 3 is 2.58 bits per heavy atom. The Labute approximate surface area is 211 Å². The molecular weight excluding hydrogens is 479 g/mol. The Bertz CT molecular complexity index is 1540. The predicted molar refractivity (Wildman–Crippen MR) is 138 cm³/mol. The van der Waals surface area contributed by atoms with Crippen molar-refractivity contribution >= 4 is 44.1 Å². The van der Waals surface area contributed by atoms with E-state index in [1.807, 2.05) is 32.9 Å². The number of benzene rings is 3. The van der Waals surface area contributed by atoms with Crippen molar-refractivity contribution in [3.63, 3.8) is 0 Å². The van der Waals surface area contributed by atoms with E-state index < -0.39 is 23.5 Å². The van der Waals surface area contributed by atoms with Gasteiger partial charge in [0.15, 0.2) is 5.13 Å². The third-order valence-corrected chi connectivity index (χ3v) is 7.07. The van der Waals surface area contributed by atoms with Gasteiger partial charge in [0.25, 0.3) is 5.78 Å². The fraction of sp³-hybridized carbons (Fsp3) is 0.179. The Morgan fingerprint density at radius 1 is 1.11 bits per heavy atom. The van der Waals surface area contributed by atoms with Crippen LogP contribution in [0.4, 0.5) is 9.52 Å². The number of fused-ring (bicyclic) bond motifs is 1. The molecule has 182 valence electrons. The van der Waals surface area contributed by atoms with Gasteiger partial charge < -0.3 is 9.84 Å². The van der Waals surface area contributed by atoms with Crippen molar-refractivity contribution in [2.45, 2.75) is 26.8 Å². The number of carbonyl (C=O) groups is 2. The van der Waals surface area contributed by atoms with Gasteiger partial charge >= 0.3 is 5.91 Å². The number of nitrogens with zero attached hydrogens (tertiary/aromatic N) is 2. The van der Waals surface area contributed by atoms with Gasteiger partial charge in [0.1, 0.15) is 17.3 Å². The summed E-state index contributed by atoms with van der Waals surface area (Å²) in [5.74, 6) is -1.92. The van der Waals surface area contributed by atoms with Crippen LogP contribution in [-0.2, 0) is 9.59 Å². The first-order chi connectivity index (χ1) is 17.3. The molecule has 1 unspecified atom stereocenters. The second-order valence-corrected chi connectivity index (χ2v) is 9.62. The minimum absolute atomic E-state index is 0.0904. The number of aromatic nitrogens is 1. The van der Waals surface area contributed by atoms with Gasteiger partial charge in [-0.2, -0.15) is 0 Å².